The van der Waals surface area contributed by atoms with Crippen LogP contribution in [0.2, 0.25) is 0 Å². The third kappa shape index (κ3) is 10.2. The lowest BCUT2D eigenvalue weighted by Crippen LogP contribution is -2.44. The van der Waals surface area contributed by atoms with E-state index in [1.807, 2.05) is 0 Å². The van der Waals surface area contributed by atoms with Crippen molar-refractivity contribution in [2.45, 2.75) is 57.3 Å². The van der Waals surface area contributed by atoms with E-state index in [0.717, 1.165) is 12.0 Å². The lowest BCUT2D eigenvalue weighted by Gasteiger charge is -2.38. The summed E-state index contributed by atoms with van der Waals surface area (Å²) in [4.78, 5) is 56.3. The Labute approximate surface area is 367 Å². The first-order valence-electron chi connectivity index (χ1n) is 21.1. The Balaban J connectivity index is 1.03. The van der Waals surface area contributed by atoms with Crippen molar-refractivity contribution in [3.05, 3.63) is 113 Å². The molecule has 0 spiro atoms. The normalized spacial score (nSPS) is 14.7. The van der Waals surface area contributed by atoms with Gasteiger partial charge in [-0.05, 0) is 92.9 Å². The molecule has 7 rings (SSSR count). The van der Waals surface area contributed by atoms with E-state index in [-0.39, 0.29) is 77.8 Å². The molecule has 2 atom stereocenters. The summed E-state index contributed by atoms with van der Waals surface area (Å²) in [6.45, 7) is 1.89. The number of para-hydroxylation sites is 3. The van der Waals surface area contributed by atoms with Crippen LogP contribution in [0.4, 0.5) is 17.6 Å². The molecule has 6 aromatic rings. The van der Waals surface area contributed by atoms with Gasteiger partial charge in [0.1, 0.15) is 17.9 Å². The minimum absolute atomic E-state index is 0.0145. The van der Waals surface area contributed by atoms with Crippen LogP contribution >= 0.6 is 0 Å². The van der Waals surface area contributed by atoms with Crippen molar-refractivity contribution < 1.29 is 50.9 Å². The van der Waals surface area contributed by atoms with Crippen LogP contribution < -0.4 is 19.5 Å². The highest BCUT2D eigenvalue weighted by Crippen LogP contribution is 2.38. The number of Topliss-reactive ketones (excluding diaryl/α,β-unsaturated/α-hetero) is 1. The number of nitrogens with one attached hydrogen (secondary N) is 2. The molecule has 0 bridgehead atoms. The van der Waals surface area contributed by atoms with Crippen molar-refractivity contribution in [1.82, 2.24) is 29.7 Å². The number of halogens is 4. The number of amides is 1. The summed E-state index contributed by atoms with van der Waals surface area (Å²) in [5.74, 6) is -0.653. The molecule has 0 radical (unpaired) electrons. The number of carbonyl (C=O) groups excluding carboxylic acids is 3. The lowest BCUT2D eigenvalue weighted by molar-refractivity contribution is -0.174. The van der Waals surface area contributed by atoms with Crippen molar-refractivity contribution in [1.29, 1.82) is 0 Å². The van der Waals surface area contributed by atoms with Crippen LogP contribution in [0.5, 0.6) is 17.2 Å². The molecule has 0 saturated carbocycles. The maximum Gasteiger partial charge on any atom is 0.411 e. The molecular weight excluding hydrogens is 837 g/mol. The van der Waals surface area contributed by atoms with Crippen LogP contribution in [0.15, 0.2) is 78.9 Å². The minimum Gasteiger partial charge on any atom is -0.493 e. The van der Waals surface area contributed by atoms with Crippen LogP contribution in [-0.4, -0.2) is 108 Å². The number of ketones is 2. The number of rotatable bonds is 19. The predicted molar refractivity (Wildman–Crippen MR) is 231 cm³/mol. The molecule has 1 aliphatic heterocycles. The lowest BCUT2D eigenvalue weighted by atomic mass is 9.87. The fourth-order valence-corrected chi connectivity index (χ4v) is 8.50. The Morgan fingerprint density at radius 1 is 0.906 bits per heavy atom. The SMILES string of the molecule is CCC(CC(CNC(=O)c1cc(OC)c(OC)c(OC)c1)c1ccc(F)cc1)N1CCC(C(=O)c2nc3c(C(=O)c4nc5ccccc5n4CCOCC(F)(F)F)cccc3[nH]2)CC1. The number of benzene rings is 4. The molecule has 2 aromatic heterocycles. The number of alkyl halides is 3. The van der Waals surface area contributed by atoms with Gasteiger partial charge in [0.25, 0.3) is 5.91 Å². The molecule has 13 nitrogen and oxygen atoms in total. The molecule has 338 valence electrons. The second kappa shape index (κ2) is 20.0. The number of ether oxygens (including phenoxy) is 4. The highest BCUT2D eigenvalue weighted by molar-refractivity contribution is 6.15. The van der Waals surface area contributed by atoms with E-state index < -0.39 is 18.6 Å². The average molecular weight is 887 g/mol. The second-order valence-corrected chi connectivity index (χ2v) is 15.7. The Kier molecular flexibility index (Phi) is 14.3. The van der Waals surface area contributed by atoms with Gasteiger partial charge in [0.15, 0.2) is 23.1 Å². The second-order valence-electron chi connectivity index (χ2n) is 15.7. The van der Waals surface area contributed by atoms with Gasteiger partial charge < -0.3 is 38.7 Å². The van der Waals surface area contributed by atoms with Crippen molar-refractivity contribution in [2.24, 2.45) is 5.92 Å². The van der Waals surface area contributed by atoms with E-state index in [1.54, 1.807) is 71.3 Å². The van der Waals surface area contributed by atoms with Gasteiger partial charge in [-0.1, -0.05) is 37.3 Å². The number of H-pyrrole nitrogens is 1. The molecular formula is C47H50F4N6O7. The average Bonchev–Trinajstić information content (AvgIpc) is 3.92. The number of likely N-dealkylation sites (tertiary alicyclic amines) is 1. The van der Waals surface area contributed by atoms with Crippen molar-refractivity contribution in [3.63, 3.8) is 0 Å². The Bertz CT molecular complexity index is 2580. The quantitative estimate of drug-likeness (QED) is 0.0464. The minimum atomic E-state index is -4.49. The Hall–Kier alpha value is -6.33. The molecule has 17 heteroatoms. The fraction of sp³-hybridized carbons (Fsp3) is 0.383. The highest BCUT2D eigenvalue weighted by Gasteiger charge is 2.33. The molecule has 2 N–H and O–H groups in total. The first-order valence-corrected chi connectivity index (χ1v) is 21.1. The van der Waals surface area contributed by atoms with Gasteiger partial charge in [0.2, 0.25) is 17.3 Å². The molecule has 3 heterocycles. The molecule has 1 aliphatic rings. The first-order chi connectivity index (χ1) is 30.8. The molecule has 1 fully saturated rings. The summed E-state index contributed by atoms with van der Waals surface area (Å²) < 4.78 is 75.0. The van der Waals surface area contributed by atoms with Crippen LogP contribution in [0.1, 0.15) is 81.2 Å². The van der Waals surface area contributed by atoms with Gasteiger partial charge in [-0.3, -0.25) is 14.4 Å². The maximum absolute atomic E-state index is 14.1. The summed E-state index contributed by atoms with van der Waals surface area (Å²) >= 11 is 0. The third-order valence-corrected chi connectivity index (χ3v) is 11.8. The summed E-state index contributed by atoms with van der Waals surface area (Å²) in [6, 6.07) is 21.5. The monoisotopic (exact) mass is 886 g/mol. The highest BCUT2D eigenvalue weighted by atomic mass is 19.4. The Morgan fingerprint density at radius 2 is 1.61 bits per heavy atom. The van der Waals surface area contributed by atoms with E-state index in [0.29, 0.717) is 71.7 Å². The van der Waals surface area contributed by atoms with Crippen LogP contribution in [0.25, 0.3) is 22.1 Å². The van der Waals surface area contributed by atoms with E-state index in [4.69, 9.17) is 18.9 Å². The van der Waals surface area contributed by atoms with Gasteiger partial charge in [-0.25, -0.2) is 14.4 Å². The predicted octanol–water partition coefficient (Wildman–Crippen LogP) is 8.16. The van der Waals surface area contributed by atoms with Crippen LogP contribution in [0.3, 0.4) is 0 Å². The number of aromatic nitrogens is 4. The molecule has 1 saturated heterocycles. The number of hydrogen-bond acceptors (Lipinski definition) is 10. The van der Waals surface area contributed by atoms with Gasteiger partial charge in [0, 0.05) is 36.5 Å². The molecule has 64 heavy (non-hydrogen) atoms. The summed E-state index contributed by atoms with van der Waals surface area (Å²) in [6.07, 6.45) is -1.90. The zero-order chi connectivity index (χ0) is 45.5. The summed E-state index contributed by atoms with van der Waals surface area (Å²) in [5.41, 5.74) is 3.23. The fourth-order valence-electron chi connectivity index (χ4n) is 8.50. The van der Waals surface area contributed by atoms with E-state index >= 15 is 0 Å². The summed E-state index contributed by atoms with van der Waals surface area (Å²) in [7, 11) is 4.44. The zero-order valence-corrected chi connectivity index (χ0v) is 36.0. The van der Waals surface area contributed by atoms with Crippen LogP contribution in [-0.2, 0) is 11.3 Å². The van der Waals surface area contributed by atoms with E-state index in [1.165, 1.54) is 33.5 Å². The van der Waals surface area contributed by atoms with Crippen molar-refractivity contribution in [3.8, 4) is 17.2 Å². The number of carbonyl (C=O) groups is 3. The van der Waals surface area contributed by atoms with E-state index in [2.05, 4.69) is 32.1 Å². The molecule has 4 aromatic carbocycles. The standard InChI is InChI=1S/C47H50F4N6O7/c1-5-33(23-31(28-13-15-32(48)16-14-28)26-52-46(60)30-24-38(61-2)43(63-4)39(25-30)62-3)56-19-17-29(18-20-56)41(58)44-53-36-11-8-9-34(40(36)55-44)42(59)45-54-35-10-6-7-12-37(35)57(45)21-22-64-27-47(49,50)51/h6-16,24-25,29,31,33H,5,17-23,26-27H2,1-4H3,(H,52,60)(H,53,55). The molecule has 1 amide bonds. The van der Waals surface area contributed by atoms with Gasteiger partial charge in [0.05, 0.1) is 50.0 Å². The number of nitrogens with zero attached hydrogens (tertiary/aromatic N) is 4. The van der Waals surface area contributed by atoms with Crippen molar-refractivity contribution >= 4 is 39.5 Å². The number of fused-ring (bicyclic) bond motifs is 2. The molecule has 2 unspecified atom stereocenters. The van der Waals surface area contributed by atoms with Crippen LogP contribution in [0, 0.1) is 11.7 Å². The summed E-state index contributed by atoms with van der Waals surface area (Å²) in [5, 5.41) is 3.06. The smallest absolute Gasteiger partial charge is 0.411 e. The number of piperidine rings is 1. The number of hydrogen-bond donors (Lipinski definition) is 2. The zero-order valence-electron chi connectivity index (χ0n) is 36.0. The van der Waals surface area contributed by atoms with Gasteiger partial charge in [-0.2, -0.15) is 13.2 Å². The third-order valence-electron chi connectivity index (χ3n) is 11.8. The van der Waals surface area contributed by atoms with E-state index in [9.17, 15) is 31.9 Å². The topological polar surface area (TPSA) is 150 Å². The van der Waals surface area contributed by atoms with Crippen molar-refractivity contribution in [2.75, 3.05) is 54.2 Å². The number of aromatic amines is 1. The molecule has 0 aliphatic carbocycles. The number of imidazole rings is 2. The Morgan fingerprint density at radius 3 is 2.27 bits per heavy atom. The van der Waals surface area contributed by atoms with Gasteiger partial charge in [-0.15, -0.1) is 0 Å². The first kappa shape index (κ1) is 45.7. The van der Waals surface area contributed by atoms with Gasteiger partial charge >= 0.3 is 6.18 Å². The maximum atomic E-state index is 14.1. The number of methoxy groups -OCH3 is 3. The largest absolute Gasteiger partial charge is 0.493 e.